The molecule has 1 aromatic carbocycles. The maximum Gasteiger partial charge on any atom is 0.236 e. The number of aromatic nitrogens is 2. The predicted octanol–water partition coefficient (Wildman–Crippen LogP) is 2.18. The van der Waals surface area contributed by atoms with E-state index in [-0.39, 0.29) is 6.61 Å². The molecule has 2 aromatic rings. The molecular formula is C14H18N2O3S. The van der Waals surface area contributed by atoms with Crippen LogP contribution in [0.3, 0.4) is 0 Å². The van der Waals surface area contributed by atoms with Gasteiger partial charge in [-0.2, -0.15) is 4.98 Å². The van der Waals surface area contributed by atoms with Crippen LogP contribution >= 0.6 is 11.8 Å². The molecule has 0 amide bonds. The zero-order valence-electron chi connectivity index (χ0n) is 11.4. The zero-order chi connectivity index (χ0) is 14.2. The van der Waals surface area contributed by atoms with E-state index in [0.717, 1.165) is 11.3 Å². The second-order valence-corrected chi connectivity index (χ2v) is 5.30. The number of rotatable bonds is 8. The van der Waals surface area contributed by atoms with Crippen molar-refractivity contribution < 1.29 is 14.4 Å². The summed E-state index contributed by atoms with van der Waals surface area (Å²) in [6.45, 7) is 0.684. The van der Waals surface area contributed by atoms with E-state index < -0.39 is 0 Å². The van der Waals surface area contributed by atoms with Crippen LogP contribution < -0.4 is 0 Å². The lowest BCUT2D eigenvalue weighted by molar-refractivity contribution is 0.199. The lowest BCUT2D eigenvalue weighted by Gasteiger charge is -2.01. The maximum atomic E-state index is 8.98. The molecule has 0 radical (unpaired) electrons. The number of aliphatic hydroxyl groups excluding tert-OH is 1. The highest BCUT2D eigenvalue weighted by atomic mass is 32.2. The van der Waals surface area contributed by atoms with Crippen LogP contribution in [0, 0.1) is 0 Å². The molecule has 0 spiro atoms. The second kappa shape index (κ2) is 8.04. The Morgan fingerprint density at radius 2 is 1.95 bits per heavy atom. The highest BCUT2D eigenvalue weighted by molar-refractivity contribution is 7.97. The van der Waals surface area contributed by atoms with Gasteiger partial charge in [0, 0.05) is 19.3 Å². The summed E-state index contributed by atoms with van der Waals surface area (Å²) in [5.41, 5.74) is 2.14. The fourth-order valence-electron chi connectivity index (χ4n) is 1.64. The van der Waals surface area contributed by atoms with Crippen molar-refractivity contribution in [3.8, 4) is 0 Å². The summed E-state index contributed by atoms with van der Waals surface area (Å²) in [6.07, 6.45) is 0.674. The van der Waals surface area contributed by atoms with Gasteiger partial charge in [0.2, 0.25) is 5.89 Å². The highest BCUT2D eigenvalue weighted by Crippen LogP contribution is 2.17. The van der Waals surface area contributed by atoms with E-state index in [2.05, 4.69) is 10.1 Å². The summed E-state index contributed by atoms with van der Waals surface area (Å²) >= 11 is 1.72. The standard InChI is InChI=1S/C14H18N2O3S/c1-18-7-6-13-15-14(19-16-13)10-20-9-12-4-2-11(8-17)3-5-12/h2-5,17H,6-10H2,1H3. The molecule has 0 aliphatic carbocycles. The topological polar surface area (TPSA) is 68.4 Å². The monoisotopic (exact) mass is 294 g/mol. The van der Waals surface area contributed by atoms with Crippen LogP contribution in [0.15, 0.2) is 28.8 Å². The number of hydrogen-bond donors (Lipinski definition) is 1. The Labute approximate surface area is 122 Å². The van der Waals surface area contributed by atoms with Crippen molar-refractivity contribution in [3.05, 3.63) is 47.1 Å². The zero-order valence-corrected chi connectivity index (χ0v) is 12.2. The molecule has 0 aliphatic heterocycles. The minimum atomic E-state index is 0.0830. The summed E-state index contributed by atoms with van der Waals surface area (Å²) in [6, 6.07) is 7.92. The van der Waals surface area contributed by atoms with E-state index in [1.54, 1.807) is 18.9 Å². The van der Waals surface area contributed by atoms with Gasteiger partial charge in [-0.15, -0.1) is 11.8 Å². The molecule has 108 valence electrons. The molecule has 0 saturated heterocycles. The first-order valence-electron chi connectivity index (χ1n) is 6.38. The molecule has 1 aromatic heterocycles. The molecule has 0 saturated carbocycles. The van der Waals surface area contributed by atoms with Crippen LogP contribution in [-0.2, 0) is 29.3 Å². The minimum Gasteiger partial charge on any atom is -0.392 e. The van der Waals surface area contributed by atoms with Crippen LogP contribution in [0.1, 0.15) is 22.8 Å². The summed E-state index contributed by atoms with van der Waals surface area (Å²) < 4.78 is 10.1. The van der Waals surface area contributed by atoms with Gasteiger partial charge in [-0.1, -0.05) is 29.4 Å². The van der Waals surface area contributed by atoms with Crippen molar-refractivity contribution in [2.75, 3.05) is 13.7 Å². The molecule has 1 heterocycles. The van der Waals surface area contributed by atoms with Crippen molar-refractivity contribution in [3.63, 3.8) is 0 Å². The first-order chi connectivity index (χ1) is 9.81. The molecule has 0 unspecified atom stereocenters. The van der Waals surface area contributed by atoms with Gasteiger partial charge in [-0.3, -0.25) is 0 Å². The predicted molar refractivity (Wildman–Crippen MR) is 77.2 cm³/mol. The summed E-state index contributed by atoms with van der Waals surface area (Å²) in [7, 11) is 1.65. The molecule has 0 bridgehead atoms. The van der Waals surface area contributed by atoms with Crippen LogP contribution in [0.2, 0.25) is 0 Å². The summed E-state index contributed by atoms with van der Waals surface area (Å²) in [4.78, 5) is 4.29. The SMILES string of the molecule is COCCc1noc(CSCc2ccc(CO)cc2)n1. The number of thioether (sulfide) groups is 1. The summed E-state index contributed by atoms with van der Waals surface area (Å²) in [5.74, 6) is 2.91. The third-order valence-electron chi connectivity index (χ3n) is 2.74. The minimum absolute atomic E-state index is 0.0830. The van der Waals surface area contributed by atoms with Crippen LogP contribution in [0.4, 0.5) is 0 Å². The molecule has 2 rings (SSSR count). The lowest BCUT2D eigenvalue weighted by atomic mass is 10.2. The smallest absolute Gasteiger partial charge is 0.236 e. The second-order valence-electron chi connectivity index (χ2n) is 4.31. The quantitative estimate of drug-likeness (QED) is 0.805. The molecular weight excluding hydrogens is 276 g/mol. The van der Waals surface area contributed by atoms with E-state index in [1.807, 2.05) is 24.3 Å². The number of hydrogen-bond acceptors (Lipinski definition) is 6. The van der Waals surface area contributed by atoms with Gasteiger partial charge in [-0.05, 0) is 11.1 Å². The molecule has 1 N–H and O–H groups in total. The van der Waals surface area contributed by atoms with E-state index in [1.165, 1.54) is 5.56 Å². The third-order valence-corrected chi connectivity index (χ3v) is 3.73. The Hall–Kier alpha value is -1.37. The van der Waals surface area contributed by atoms with Crippen molar-refractivity contribution in [2.24, 2.45) is 0 Å². The van der Waals surface area contributed by atoms with Gasteiger partial charge < -0.3 is 14.4 Å². The third kappa shape index (κ3) is 4.63. The van der Waals surface area contributed by atoms with Crippen molar-refractivity contribution in [1.82, 2.24) is 10.1 Å². The van der Waals surface area contributed by atoms with Crippen LogP contribution in [-0.4, -0.2) is 29.0 Å². The van der Waals surface area contributed by atoms with Gasteiger partial charge in [0.15, 0.2) is 5.82 Å². The van der Waals surface area contributed by atoms with Gasteiger partial charge in [-0.25, -0.2) is 0 Å². The Morgan fingerprint density at radius 1 is 1.20 bits per heavy atom. The van der Waals surface area contributed by atoms with E-state index in [0.29, 0.717) is 30.5 Å². The number of nitrogens with zero attached hydrogens (tertiary/aromatic N) is 2. The van der Waals surface area contributed by atoms with E-state index >= 15 is 0 Å². The molecule has 0 aliphatic rings. The van der Waals surface area contributed by atoms with Gasteiger partial charge in [0.1, 0.15) is 0 Å². The Balaban J connectivity index is 1.75. The van der Waals surface area contributed by atoms with Crippen molar-refractivity contribution >= 4 is 11.8 Å². The van der Waals surface area contributed by atoms with Gasteiger partial charge in [0.05, 0.1) is 19.0 Å². The number of ether oxygens (including phenoxy) is 1. The summed E-state index contributed by atoms with van der Waals surface area (Å²) in [5, 5.41) is 12.9. The normalized spacial score (nSPS) is 10.9. The number of methoxy groups -OCH3 is 1. The Morgan fingerprint density at radius 3 is 2.65 bits per heavy atom. The largest absolute Gasteiger partial charge is 0.392 e. The first-order valence-corrected chi connectivity index (χ1v) is 7.54. The van der Waals surface area contributed by atoms with Crippen LogP contribution in [0.25, 0.3) is 0 Å². The number of aliphatic hydroxyl groups is 1. The van der Waals surface area contributed by atoms with Gasteiger partial charge >= 0.3 is 0 Å². The fraction of sp³-hybridized carbons (Fsp3) is 0.429. The lowest BCUT2D eigenvalue weighted by Crippen LogP contribution is -1.96. The molecule has 20 heavy (non-hydrogen) atoms. The van der Waals surface area contributed by atoms with Gasteiger partial charge in [0.25, 0.3) is 0 Å². The molecule has 5 nitrogen and oxygen atoms in total. The average molecular weight is 294 g/mol. The van der Waals surface area contributed by atoms with E-state index in [9.17, 15) is 0 Å². The molecule has 6 heteroatoms. The molecule has 0 fully saturated rings. The maximum absolute atomic E-state index is 8.98. The van der Waals surface area contributed by atoms with Crippen molar-refractivity contribution in [2.45, 2.75) is 24.5 Å². The fourth-order valence-corrected chi connectivity index (χ4v) is 2.46. The van der Waals surface area contributed by atoms with E-state index in [4.69, 9.17) is 14.4 Å². The molecule has 0 atom stereocenters. The van der Waals surface area contributed by atoms with Crippen molar-refractivity contribution in [1.29, 1.82) is 0 Å². The Bertz CT molecular complexity index is 513. The average Bonchev–Trinajstić information content (AvgIpc) is 2.94. The Kier molecular flexibility index (Phi) is 6.04. The first kappa shape index (κ1) is 15.0. The highest BCUT2D eigenvalue weighted by Gasteiger charge is 2.06. The van der Waals surface area contributed by atoms with Crippen LogP contribution in [0.5, 0.6) is 0 Å². The number of benzene rings is 1.